The van der Waals surface area contributed by atoms with E-state index < -0.39 is 0 Å². The molecule has 3 aromatic rings. The van der Waals surface area contributed by atoms with Crippen LogP contribution in [0.15, 0.2) is 23.5 Å². The van der Waals surface area contributed by atoms with E-state index >= 15 is 0 Å². The molecule has 118 valence electrons. The summed E-state index contributed by atoms with van der Waals surface area (Å²) in [6.07, 6.45) is 1.80. The van der Waals surface area contributed by atoms with Crippen LogP contribution in [0, 0.1) is 6.92 Å². The van der Waals surface area contributed by atoms with Crippen LogP contribution in [0.1, 0.15) is 11.3 Å². The fraction of sp³-hybridized carbons (Fsp3) is 0.267. The second-order valence-electron chi connectivity index (χ2n) is 5.01. The number of imidazole rings is 1. The Morgan fingerprint density at radius 1 is 1.26 bits per heavy atom. The molecular formula is C15H14N4O3S. The molecule has 0 fully saturated rings. The van der Waals surface area contributed by atoms with Crippen LogP contribution >= 0.6 is 11.8 Å². The van der Waals surface area contributed by atoms with Gasteiger partial charge in [-0.25, -0.2) is 4.98 Å². The highest BCUT2D eigenvalue weighted by atomic mass is 32.2. The van der Waals surface area contributed by atoms with Gasteiger partial charge in [0.1, 0.15) is 0 Å². The minimum absolute atomic E-state index is 0.244. The number of nitrogens with zero attached hydrogens (tertiary/aromatic N) is 3. The van der Waals surface area contributed by atoms with Crippen molar-refractivity contribution in [1.29, 1.82) is 0 Å². The lowest BCUT2D eigenvalue weighted by molar-refractivity contribution is 0.173. The summed E-state index contributed by atoms with van der Waals surface area (Å²) < 4.78 is 16.1. The van der Waals surface area contributed by atoms with Crippen molar-refractivity contribution in [3.63, 3.8) is 0 Å². The maximum absolute atomic E-state index is 5.53. The summed E-state index contributed by atoms with van der Waals surface area (Å²) in [6, 6.07) is 3.70. The van der Waals surface area contributed by atoms with Crippen LogP contribution in [-0.2, 0) is 5.75 Å². The SMILES string of the molecule is COc1ccc2[nH]c(SCc3ncc(C)c4c3OCO4)nc2n1. The minimum atomic E-state index is 0.244. The number of pyridine rings is 2. The summed E-state index contributed by atoms with van der Waals surface area (Å²) in [5.74, 6) is 2.69. The van der Waals surface area contributed by atoms with Gasteiger partial charge in [0.2, 0.25) is 12.7 Å². The van der Waals surface area contributed by atoms with Crippen LogP contribution in [0.4, 0.5) is 0 Å². The van der Waals surface area contributed by atoms with E-state index in [1.54, 1.807) is 19.4 Å². The Kier molecular flexibility index (Phi) is 3.45. The largest absolute Gasteiger partial charge is 0.481 e. The molecule has 0 radical (unpaired) electrons. The standard InChI is InChI=1S/C15H14N4O3S/c1-8-5-16-10(13-12(8)21-7-22-13)6-23-15-17-9-3-4-11(20-2)18-14(9)19-15/h3-5H,6-7H2,1-2H3,(H,17,18,19). The van der Waals surface area contributed by atoms with Crippen molar-refractivity contribution in [1.82, 2.24) is 19.9 Å². The van der Waals surface area contributed by atoms with Gasteiger partial charge in [0.15, 0.2) is 22.3 Å². The summed E-state index contributed by atoms with van der Waals surface area (Å²) in [6.45, 7) is 2.20. The molecule has 1 aliphatic rings. The third-order valence-electron chi connectivity index (χ3n) is 3.50. The minimum Gasteiger partial charge on any atom is -0.481 e. The lowest BCUT2D eigenvalue weighted by atomic mass is 10.2. The van der Waals surface area contributed by atoms with E-state index in [-0.39, 0.29) is 6.79 Å². The Morgan fingerprint density at radius 2 is 2.13 bits per heavy atom. The van der Waals surface area contributed by atoms with Gasteiger partial charge in [-0.1, -0.05) is 11.8 Å². The van der Waals surface area contributed by atoms with E-state index in [0.29, 0.717) is 17.3 Å². The number of hydrogen-bond donors (Lipinski definition) is 1. The molecule has 7 nitrogen and oxygen atoms in total. The van der Waals surface area contributed by atoms with Gasteiger partial charge in [0.05, 0.1) is 18.3 Å². The summed E-state index contributed by atoms with van der Waals surface area (Å²) in [5, 5.41) is 0.774. The smallest absolute Gasteiger partial charge is 0.231 e. The van der Waals surface area contributed by atoms with Gasteiger partial charge < -0.3 is 19.2 Å². The Hall–Kier alpha value is -2.48. The predicted molar refractivity (Wildman–Crippen MR) is 85.1 cm³/mol. The van der Waals surface area contributed by atoms with Crippen molar-refractivity contribution in [2.24, 2.45) is 0 Å². The molecule has 0 aromatic carbocycles. The van der Waals surface area contributed by atoms with Crippen molar-refractivity contribution in [3.05, 3.63) is 29.6 Å². The first kappa shape index (κ1) is 14.1. The monoisotopic (exact) mass is 330 g/mol. The first-order chi connectivity index (χ1) is 11.2. The molecule has 1 aliphatic heterocycles. The van der Waals surface area contributed by atoms with E-state index in [0.717, 1.165) is 33.4 Å². The topological polar surface area (TPSA) is 82.2 Å². The van der Waals surface area contributed by atoms with E-state index in [1.807, 2.05) is 13.0 Å². The summed E-state index contributed by atoms with van der Waals surface area (Å²) in [7, 11) is 1.59. The zero-order chi connectivity index (χ0) is 15.8. The quantitative estimate of drug-likeness (QED) is 0.736. The van der Waals surface area contributed by atoms with Crippen LogP contribution in [0.2, 0.25) is 0 Å². The number of nitrogens with one attached hydrogen (secondary N) is 1. The zero-order valence-corrected chi connectivity index (χ0v) is 13.4. The fourth-order valence-electron chi connectivity index (χ4n) is 2.35. The number of aromatic amines is 1. The first-order valence-electron chi connectivity index (χ1n) is 7.02. The highest BCUT2D eigenvalue weighted by Gasteiger charge is 2.21. The molecule has 0 atom stereocenters. The molecule has 4 heterocycles. The number of thioether (sulfide) groups is 1. The molecule has 8 heteroatoms. The highest BCUT2D eigenvalue weighted by molar-refractivity contribution is 7.98. The number of hydrogen-bond acceptors (Lipinski definition) is 7. The maximum Gasteiger partial charge on any atom is 0.231 e. The number of ether oxygens (including phenoxy) is 3. The van der Waals surface area contributed by atoms with Crippen LogP contribution in [-0.4, -0.2) is 33.8 Å². The number of aromatic nitrogens is 4. The van der Waals surface area contributed by atoms with Gasteiger partial charge >= 0.3 is 0 Å². The van der Waals surface area contributed by atoms with Crippen molar-refractivity contribution in [3.8, 4) is 17.4 Å². The Bertz CT molecular complexity index is 881. The van der Waals surface area contributed by atoms with Crippen molar-refractivity contribution in [2.45, 2.75) is 17.8 Å². The van der Waals surface area contributed by atoms with Gasteiger partial charge in [-0.2, -0.15) is 4.98 Å². The number of H-pyrrole nitrogens is 1. The number of rotatable bonds is 4. The Morgan fingerprint density at radius 3 is 3.00 bits per heavy atom. The third-order valence-corrected chi connectivity index (χ3v) is 4.38. The lowest BCUT2D eigenvalue weighted by Crippen LogP contribution is -1.95. The summed E-state index contributed by atoms with van der Waals surface area (Å²) >= 11 is 1.54. The van der Waals surface area contributed by atoms with Gasteiger partial charge in [-0.3, -0.25) is 4.98 Å². The molecule has 1 N–H and O–H groups in total. The van der Waals surface area contributed by atoms with Crippen molar-refractivity contribution >= 4 is 22.9 Å². The normalized spacial score (nSPS) is 12.8. The summed E-state index contributed by atoms with van der Waals surface area (Å²) in [5.41, 5.74) is 3.33. The molecule has 0 bridgehead atoms. The fourth-order valence-corrected chi connectivity index (χ4v) is 3.16. The molecule has 0 unspecified atom stereocenters. The van der Waals surface area contributed by atoms with E-state index in [9.17, 15) is 0 Å². The third kappa shape index (κ3) is 2.55. The average molecular weight is 330 g/mol. The van der Waals surface area contributed by atoms with E-state index in [4.69, 9.17) is 14.2 Å². The van der Waals surface area contributed by atoms with Crippen molar-refractivity contribution < 1.29 is 14.2 Å². The highest BCUT2D eigenvalue weighted by Crippen LogP contribution is 2.39. The molecule has 0 amide bonds. The van der Waals surface area contributed by atoms with Gasteiger partial charge in [0.25, 0.3) is 0 Å². The van der Waals surface area contributed by atoms with Crippen LogP contribution in [0.3, 0.4) is 0 Å². The van der Waals surface area contributed by atoms with Gasteiger partial charge in [-0.05, 0) is 13.0 Å². The van der Waals surface area contributed by atoms with Crippen LogP contribution < -0.4 is 14.2 Å². The van der Waals surface area contributed by atoms with E-state index in [2.05, 4.69) is 19.9 Å². The van der Waals surface area contributed by atoms with Gasteiger partial charge in [-0.15, -0.1) is 0 Å². The Balaban J connectivity index is 1.57. The molecule has 0 spiro atoms. The number of methoxy groups -OCH3 is 1. The van der Waals surface area contributed by atoms with Crippen LogP contribution in [0.25, 0.3) is 11.2 Å². The molecule has 4 rings (SSSR count). The Labute approximate surface area is 136 Å². The van der Waals surface area contributed by atoms with Crippen LogP contribution in [0.5, 0.6) is 17.4 Å². The van der Waals surface area contributed by atoms with E-state index in [1.165, 1.54) is 11.8 Å². The second kappa shape index (κ2) is 5.62. The lowest BCUT2D eigenvalue weighted by Gasteiger charge is -2.05. The molecule has 23 heavy (non-hydrogen) atoms. The zero-order valence-electron chi connectivity index (χ0n) is 12.6. The maximum atomic E-state index is 5.53. The number of aryl methyl sites for hydroxylation is 1. The average Bonchev–Trinajstić information content (AvgIpc) is 3.20. The molecular weight excluding hydrogens is 316 g/mol. The molecule has 0 aliphatic carbocycles. The molecule has 0 saturated carbocycles. The van der Waals surface area contributed by atoms with Gasteiger partial charge in [0, 0.05) is 23.6 Å². The number of fused-ring (bicyclic) bond motifs is 2. The molecule has 3 aromatic heterocycles. The second-order valence-corrected chi connectivity index (χ2v) is 5.97. The predicted octanol–water partition coefficient (Wildman–Crippen LogP) is 2.69. The summed E-state index contributed by atoms with van der Waals surface area (Å²) in [4.78, 5) is 16.4. The molecule has 0 saturated heterocycles. The first-order valence-corrected chi connectivity index (χ1v) is 8.01. The van der Waals surface area contributed by atoms with Crippen molar-refractivity contribution in [2.75, 3.05) is 13.9 Å².